The first-order chi connectivity index (χ1) is 7.43. The molecule has 0 bridgehead atoms. The Balaban J connectivity index is 1.54. The molecular weight excluding hydrogens is 188 g/mol. The van der Waals surface area contributed by atoms with E-state index in [1.165, 1.54) is 18.4 Å². The van der Waals surface area contributed by atoms with E-state index >= 15 is 0 Å². The van der Waals surface area contributed by atoms with Crippen LogP contribution in [-0.2, 0) is 16.1 Å². The number of ether oxygens (including phenoxy) is 2. The number of benzene rings is 1. The van der Waals surface area contributed by atoms with Gasteiger partial charge in [-0.2, -0.15) is 0 Å². The molecule has 2 heteroatoms. The third-order valence-electron chi connectivity index (χ3n) is 3.27. The smallest absolute Gasteiger partial charge is 0.110 e. The van der Waals surface area contributed by atoms with Gasteiger partial charge in [-0.05, 0) is 24.8 Å². The number of hydrogen-bond donors (Lipinski definition) is 0. The lowest BCUT2D eigenvalue weighted by Gasteiger charge is -2.18. The highest BCUT2D eigenvalue weighted by Gasteiger charge is 2.47. The Kier molecular flexibility index (Phi) is 2.47. The van der Waals surface area contributed by atoms with Gasteiger partial charge >= 0.3 is 0 Å². The zero-order valence-corrected chi connectivity index (χ0v) is 8.76. The van der Waals surface area contributed by atoms with Crippen molar-refractivity contribution in [3.63, 3.8) is 0 Å². The third-order valence-corrected chi connectivity index (χ3v) is 3.27. The van der Waals surface area contributed by atoms with Crippen LogP contribution in [0.5, 0.6) is 0 Å². The molecule has 1 aromatic rings. The van der Waals surface area contributed by atoms with E-state index in [1.54, 1.807) is 0 Å². The maximum absolute atomic E-state index is 5.90. The first kappa shape index (κ1) is 9.37. The van der Waals surface area contributed by atoms with Crippen molar-refractivity contribution in [3.05, 3.63) is 35.9 Å². The predicted octanol–water partition coefficient (Wildman–Crippen LogP) is 2.52. The highest BCUT2D eigenvalue weighted by atomic mass is 16.6. The molecule has 1 saturated heterocycles. The molecule has 0 unspecified atom stereocenters. The van der Waals surface area contributed by atoms with E-state index in [0.29, 0.717) is 18.3 Å². The molecule has 3 rings (SSSR count). The largest absolute Gasteiger partial charge is 0.371 e. The average molecular weight is 204 g/mol. The summed E-state index contributed by atoms with van der Waals surface area (Å²) in [6.07, 6.45) is 4.90. The van der Waals surface area contributed by atoms with Gasteiger partial charge in [-0.3, -0.25) is 0 Å². The molecule has 0 N–H and O–H groups in total. The van der Waals surface area contributed by atoms with E-state index in [0.717, 1.165) is 13.0 Å². The van der Waals surface area contributed by atoms with Gasteiger partial charge in [0.2, 0.25) is 0 Å². The summed E-state index contributed by atoms with van der Waals surface area (Å²) in [5.74, 6) is 0. The van der Waals surface area contributed by atoms with Crippen molar-refractivity contribution in [2.24, 2.45) is 0 Å². The van der Waals surface area contributed by atoms with Gasteiger partial charge in [0.1, 0.15) is 6.10 Å². The predicted molar refractivity (Wildman–Crippen MR) is 57.5 cm³/mol. The summed E-state index contributed by atoms with van der Waals surface area (Å²) in [5, 5.41) is 0. The van der Waals surface area contributed by atoms with Crippen molar-refractivity contribution in [1.82, 2.24) is 0 Å². The molecule has 1 heterocycles. The SMILES string of the molecule is c1ccc(CO[C@@H]2CCC[C@@H]3O[C@H]32)cc1. The normalized spacial score (nSPS) is 33.5. The van der Waals surface area contributed by atoms with Gasteiger partial charge < -0.3 is 9.47 Å². The van der Waals surface area contributed by atoms with Crippen LogP contribution < -0.4 is 0 Å². The van der Waals surface area contributed by atoms with E-state index in [-0.39, 0.29) is 0 Å². The van der Waals surface area contributed by atoms with E-state index in [1.807, 2.05) is 6.07 Å². The van der Waals surface area contributed by atoms with Gasteiger partial charge in [-0.15, -0.1) is 0 Å². The maximum Gasteiger partial charge on any atom is 0.110 e. The molecule has 0 spiro atoms. The Hall–Kier alpha value is -0.860. The minimum atomic E-state index is 0.337. The number of rotatable bonds is 3. The van der Waals surface area contributed by atoms with Gasteiger partial charge in [-0.25, -0.2) is 0 Å². The van der Waals surface area contributed by atoms with Crippen LogP contribution in [0.4, 0.5) is 0 Å². The quantitative estimate of drug-likeness (QED) is 0.706. The van der Waals surface area contributed by atoms with Crippen LogP contribution in [0.3, 0.4) is 0 Å². The van der Waals surface area contributed by atoms with Crippen LogP contribution in [0.1, 0.15) is 24.8 Å². The second-order valence-corrected chi connectivity index (χ2v) is 4.41. The Labute approximate surface area is 90.2 Å². The molecule has 3 atom stereocenters. The van der Waals surface area contributed by atoms with Crippen molar-refractivity contribution in [3.8, 4) is 0 Å². The molecule has 1 saturated carbocycles. The molecule has 2 nitrogen and oxygen atoms in total. The van der Waals surface area contributed by atoms with Crippen molar-refractivity contribution in [2.75, 3.05) is 0 Å². The summed E-state index contributed by atoms with van der Waals surface area (Å²) >= 11 is 0. The van der Waals surface area contributed by atoms with E-state index in [2.05, 4.69) is 24.3 Å². The van der Waals surface area contributed by atoms with Gasteiger partial charge in [0.05, 0.1) is 18.8 Å². The molecule has 1 aliphatic heterocycles. The summed E-state index contributed by atoms with van der Waals surface area (Å²) in [4.78, 5) is 0. The number of hydrogen-bond acceptors (Lipinski definition) is 2. The van der Waals surface area contributed by atoms with E-state index in [9.17, 15) is 0 Å². The Morgan fingerprint density at radius 2 is 2.07 bits per heavy atom. The summed E-state index contributed by atoms with van der Waals surface area (Å²) in [6.45, 7) is 0.720. The zero-order valence-electron chi connectivity index (χ0n) is 8.76. The van der Waals surface area contributed by atoms with Crippen LogP contribution in [0.2, 0.25) is 0 Å². The molecule has 1 aromatic carbocycles. The van der Waals surface area contributed by atoms with E-state index < -0.39 is 0 Å². The lowest BCUT2D eigenvalue weighted by atomic mass is 9.98. The second kappa shape index (κ2) is 3.95. The fourth-order valence-corrected chi connectivity index (χ4v) is 2.36. The zero-order chi connectivity index (χ0) is 10.1. The summed E-state index contributed by atoms with van der Waals surface area (Å²) in [7, 11) is 0. The lowest BCUT2D eigenvalue weighted by molar-refractivity contribution is 0.0135. The minimum Gasteiger partial charge on any atom is -0.371 e. The summed E-state index contributed by atoms with van der Waals surface area (Å²) < 4.78 is 11.5. The minimum absolute atomic E-state index is 0.337. The van der Waals surface area contributed by atoms with Crippen molar-refractivity contribution < 1.29 is 9.47 Å². The van der Waals surface area contributed by atoms with Gasteiger partial charge in [-0.1, -0.05) is 30.3 Å². The first-order valence-electron chi connectivity index (χ1n) is 5.74. The Morgan fingerprint density at radius 1 is 1.20 bits per heavy atom. The highest BCUT2D eigenvalue weighted by molar-refractivity contribution is 5.13. The third kappa shape index (κ3) is 2.06. The molecule has 0 aromatic heterocycles. The summed E-state index contributed by atoms with van der Waals surface area (Å²) in [6, 6.07) is 10.3. The van der Waals surface area contributed by atoms with Crippen LogP contribution in [-0.4, -0.2) is 18.3 Å². The van der Waals surface area contributed by atoms with Gasteiger partial charge in [0, 0.05) is 0 Å². The number of epoxide rings is 1. The molecule has 0 radical (unpaired) electrons. The standard InChI is InChI=1S/C13H16O2/c1-2-5-10(6-3-1)9-14-11-7-4-8-12-13(11)15-12/h1-3,5-6,11-13H,4,7-9H2/t11-,12+,13+/m1/s1. The average Bonchev–Trinajstić information content (AvgIpc) is 3.07. The van der Waals surface area contributed by atoms with Crippen LogP contribution in [0.25, 0.3) is 0 Å². The van der Waals surface area contributed by atoms with Crippen molar-refractivity contribution >= 4 is 0 Å². The van der Waals surface area contributed by atoms with Gasteiger partial charge in [0.15, 0.2) is 0 Å². The monoisotopic (exact) mass is 204 g/mol. The maximum atomic E-state index is 5.90. The molecule has 2 aliphatic rings. The fraction of sp³-hybridized carbons (Fsp3) is 0.538. The Morgan fingerprint density at radius 3 is 2.93 bits per heavy atom. The Bertz CT molecular complexity index is 323. The van der Waals surface area contributed by atoms with E-state index in [4.69, 9.17) is 9.47 Å². The molecule has 80 valence electrons. The first-order valence-corrected chi connectivity index (χ1v) is 5.74. The molecule has 1 aliphatic carbocycles. The molecular formula is C13H16O2. The van der Waals surface area contributed by atoms with Crippen LogP contribution >= 0.6 is 0 Å². The van der Waals surface area contributed by atoms with Crippen molar-refractivity contribution in [1.29, 1.82) is 0 Å². The van der Waals surface area contributed by atoms with Crippen molar-refractivity contribution in [2.45, 2.75) is 44.2 Å². The van der Waals surface area contributed by atoms with Crippen LogP contribution in [0, 0.1) is 0 Å². The molecule has 0 amide bonds. The number of fused-ring (bicyclic) bond motifs is 1. The highest BCUT2D eigenvalue weighted by Crippen LogP contribution is 2.38. The summed E-state index contributed by atoms with van der Waals surface area (Å²) in [5.41, 5.74) is 1.25. The second-order valence-electron chi connectivity index (χ2n) is 4.41. The lowest BCUT2D eigenvalue weighted by Crippen LogP contribution is -2.25. The topological polar surface area (TPSA) is 21.8 Å². The van der Waals surface area contributed by atoms with Gasteiger partial charge in [0.25, 0.3) is 0 Å². The molecule has 15 heavy (non-hydrogen) atoms. The fourth-order valence-electron chi connectivity index (χ4n) is 2.36. The molecule has 2 fully saturated rings. The van der Waals surface area contributed by atoms with Crippen LogP contribution in [0.15, 0.2) is 30.3 Å².